The Labute approximate surface area is 106 Å². The van der Waals surface area contributed by atoms with Crippen molar-refractivity contribution in [3.63, 3.8) is 0 Å². The van der Waals surface area contributed by atoms with Crippen molar-refractivity contribution in [2.24, 2.45) is 10.6 Å². The molecule has 2 aliphatic heterocycles. The van der Waals surface area contributed by atoms with Gasteiger partial charge in [0.1, 0.15) is 5.60 Å². The van der Waals surface area contributed by atoms with Crippen LogP contribution in [-0.4, -0.2) is 36.3 Å². The van der Waals surface area contributed by atoms with Crippen molar-refractivity contribution in [1.29, 1.82) is 0 Å². The summed E-state index contributed by atoms with van der Waals surface area (Å²) in [4.78, 5) is 8.09. The van der Waals surface area contributed by atoms with Gasteiger partial charge in [-0.05, 0) is 7.05 Å². The molecule has 0 aromatic heterocycles. The summed E-state index contributed by atoms with van der Waals surface area (Å²) in [5, 5.41) is 4.31. The summed E-state index contributed by atoms with van der Waals surface area (Å²) in [5.41, 5.74) is 1.43. The maximum Gasteiger partial charge on any atom is 0.145 e. The minimum absolute atomic E-state index is 0.0368. The van der Waals surface area contributed by atoms with E-state index in [1.165, 1.54) is 5.71 Å². The Hall–Kier alpha value is -0.570. The molecule has 0 saturated carbocycles. The Morgan fingerprint density at radius 1 is 1.18 bits per heavy atom. The standard InChI is InChI=1S/C12H22N2O.C2H6/c1-11(2,3)10-9-12(15-13-10)5-7-14(4)8-6-12;1-2/h5-9H2,1-4H3;1-2H3. The van der Waals surface area contributed by atoms with Crippen molar-refractivity contribution < 1.29 is 4.84 Å². The van der Waals surface area contributed by atoms with E-state index >= 15 is 0 Å². The maximum absolute atomic E-state index is 5.73. The molecular formula is C14H28N2O. The number of oxime groups is 1. The second kappa shape index (κ2) is 5.38. The quantitative estimate of drug-likeness (QED) is 0.649. The van der Waals surface area contributed by atoms with Crippen molar-refractivity contribution in [3.8, 4) is 0 Å². The summed E-state index contributed by atoms with van der Waals surface area (Å²) in [5.74, 6) is 0. The molecule has 1 spiro atoms. The predicted molar refractivity (Wildman–Crippen MR) is 73.4 cm³/mol. The molecule has 0 aromatic carbocycles. The monoisotopic (exact) mass is 240 g/mol. The summed E-state index contributed by atoms with van der Waals surface area (Å²) < 4.78 is 0. The molecule has 0 atom stereocenters. The van der Waals surface area contributed by atoms with Crippen molar-refractivity contribution in [2.45, 2.75) is 59.5 Å². The molecule has 0 radical (unpaired) electrons. The van der Waals surface area contributed by atoms with Gasteiger partial charge in [0.05, 0.1) is 5.71 Å². The van der Waals surface area contributed by atoms with Gasteiger partial charge < -0.3 is 9.74 Å². The molecule has 1 saturated heterocycles. The summed E-state index contributed by atoms with van der Waals surface area (Å²) in [6.45, 7) is 12.9. The molecule has 2 aliphatic rings. The first-order chi connectivity index (χ1) is 7.91. The molecule has 0 aliphatic carbocycles. The average Bonchev–Trinajstić information content (AvgIpc) is 2.70. The van der Waals surface area contributed by atoms with Gasteiger partial charge in [0, 0.05) is 37.8 Å². The minimum atomic E-state index is 0.0368. The Bertz CT molecular complexity index is 270. The largest absolute Gasteiger partial charge is 0.389 e. The molecule has 0 aromatic rings. The number of hydrogen-bond donors (Lipinski definition) is 0. The predicted octanol–water partition coefficient (Wildman–Crippen LogP) is 3.30. The number of hydrogen-bond acceptors (Lipinski definition) is 3. The highest BCUT2D eigenvalue weighted by Gasteiger charge is 2.43. The van der Waals surface area contributed by atoms with E-state index in [1.54, 1.807) is 0 Å². The molecule has 1 fully saturated rings. The lowest BCUT2D eigenvalue weighted by molar-refractivity contribution is -0.0578. The first-order valence-corrected chi connectivity index (χ1v) is 6.85. The van der Waals surface area contributed by atoms with E-state index in [-0.39, 0.29) is 11.0 Å². The van der Waals surface area contributed by atoms with E-state index in [1.807, 2.05) is 13.8 Å². The number of rotatable bonds is 0. The smallest absolute Gasteiger partial charge is 0.145 e. The van der Waals surface area contributed by atoms with E-state index in [2.05, 4.69) is 37.9 Å². The van der Waals surface area contributed by atoms with Crippen LogP contribution >= 0.6 is 0 Å². The first kappa shape index (κ1) is 14.5. The van der Waals surface area contributed by atoms with Gasteiger partial charge in [0.2, 0.25) is 0 Å². The van der Waals surface area contributed by atoms with Crippen LogP contribution in [0.2, 0.25) is 0 Å². The zero-order valence-electron chi connectivity index (χ0n) is 12.3. The fraction of sp³-hybridized carbons (Fsp3) is 0.929. The molecular weight excluding hydrogens is 212 g/mol. The highest BCUT2D eigenvalue weighted by molar-refractivity contribution is 5.90. The molecule has 3 nitrogen and oxygen atoms in total. The second-order valence-corrected chi connectivity index (χ2v) is 6.04. The van der Waals surface area contributed by atoms with Crippen molar-refractivity contribution in [1.82, 2.24) is 4.90 Å². The van der Waals surface area contributed by atoms with Gasteiger partial charge >= 0.3 is 0 Å². The third-order valence-electron chi connectivity index (χ3n) is 3.60. The Morgan fingerprint density at radius 3 is 2.12 bits per heavy atom. The van der Waals surface area contributed by atoms with Gasteiger partial charge in [-0.15, -0.1) is 0 Å². The van der Waals surface area contributed by atoms with E-state index in [0.717, 1.165) is 32.4 Å². The third-order valence-corrected chi connectivity index (χ3v) is 3.60. The average molecular weight is 240 g/mol. The molecule has 2 rings (SSSR count). The highest BCUT2D eigenvalue weighted by Crippen LogP contribution is 2.38. The number of piperidine rings is 1. The first-order valence-electron chi connectivity index (χ1n) is 6.85. The van der Waals surface area contributed by atoms with Crippen LogP contribution in [0.1, 0.15) is 53.9 Å². The molecule has 2 heterocycles. The van der Waals surface area contributed by atoms with E-state index in [0.29, 0.717) is 0 Å². The summed E-state index contributed by atoms with van der Waals surface area (Å²) in [6, 6.07) is 0. The Kier molecular flexibility index (Phi) is 4.59. The Balaban J connectivity index is 0.000000686. The summed E-state index contributed by atoms with van der Waals surface area (Å²) in [6.07, 6.45) is 3.27. The zero-order valence-corrected chi connectivity index (χ0v) is 12.3. The van der Waals surface area contributed by atoms with Crippen molar-refractivity contribution in [2.75, 3.05) is 20.1 Å². The topological polar surface area (TPSA) is 24.8 Å². The van der Waals surface area contributed by atoms with E-state index in [4.69, 9.17) is 4.84 Å². The second-order valence-electron chi connectivity index (χ2n) is 6.04. The maximum atomic E-state index is 5.73. The number of nitrogens with zero attached hydrogens (tertiary/aromatic N) is 2. The van der Waals surface area contributed by atoms with Crippen LogP contribution in [0.3, 0.4) is 0 Å². The van der Waals surface area contributed by atoms with Crippen LogP contribution in [0.5, 0.6) is 0 Å². The van der Waals surface area contributed by atoms with Crippen LogP contribution in [0.15, 0.2) is 5.16 Å². The van der Waals surface area contributed by atoms with Gasteiger partial charge in [-0.2, -0.15) is 0 Å². The summed E-state index contributed by atoms with van der Waals surface area (Å²) in [7, 11) is 2.17. The lowest BCUT2D eigenvalue weighted by atomic mass is 9.79. The normalized spacial score (nSPS) is 23.8. The fourth-order valence-electron chi connectivity index (χ4n) is 2.22. The number of likely N-dealkylation sites (tertiary alicyclic amines) is 1. The lowest BCUT2D eigenvalue weighted by Crippen LogP contribution is -2.43. The summed E-state index contributed by atoms with van der Waals surface area (Å²) >= 11 is 0. The van der Waals surface area contributed by atoms with Crippen LogP contribution in [0, 0.1) is 5.41 Å². The van der Waals surface area contributed by atoms with Crippen LogP contribution in [0.4, 0.5) is 0 Å². The van der Waals surface area contributed by atoms with E-state index < -0.39 is 0 Å². The molecule has 17 heavy (non-hydrogen) atoms. The zero-order chi connectivity index (χ0) is 13.1. The Morgan fingerprint density at radius 2 is 1.71 bits per heavy atom. The van der Waals surface area contributed by atoms with Gasteiger partial charge in [-0.25, -0.2) is 0 Å². The molecule has 0 unspecified atom stereocenters. The molecule has 0 amide bonds. The SMILES string of the molecule is CC.CN1CCC2(CC1)CC(C(C)(C)C)=NO2. The van der Waals surface area contributed by atoms with Gasteiger partial charge in [-0.1, -0.05) is 39.8 Å². The third kappa shape index (κ3) is 3.44. The van der Waals surface area contributed by atoms with E-state index in [9.17, 15) is 0 Å². The van der Waals surface area contributed by atoms with Crippen LogP contribution in [0.25, 0.3) is 0 Å². The van der Waals surface area contributed by atoms with Crippen LogP contribution in [-0.2, 0) is 4.84 Å². The molecule has 0 N–H and O–H groups in total. The highest BCUT2D eigenvalue weighted by atomic mass is 16.7. The van der Waals surface area contributed by atoms with Gasteiger partial charge in [-0.3, -0.25) is 0 Å². The van der Waals surface area contributed by atoms with Crippen molar-refractivity contribution in [3.05, 3.63) is 0 Å². The van der Waals surface area contributed by atoms with Crippen LogP contribution < -0.4 is 0 Å². The van der Waals surface area contributed by atoms with Gasteiger partial charge in [0.25, 0.3) is 0 Å². The van der Waals surface area contributed by atoms with Crippen molar-refractivity contribution >= 4 is 5.71 Å². The van der Waals surface area contributed by atoms with Gasteiger partial charge in [0.15, 0.2) is 0 Å². The fourth-order valence-corrected chi connectivity index (χ4v) is 2.22. The molecule has 0 bridgehead atoms. The molecule has 100 valence electrons. The lowest BCUT2D eigenvalue weighted by Gasteiger charge is -2.35. The molecule has 3 heteroatoms. The minimum Gasteiger partial charge on any atom is -0.389 e.